The van der Waals surface area contributed by atoms with Crippen molar-refractivity contribution in [2.45, 2.75) is 45.8 Å². The van der Waals surface area contributed by atoms with Crippen molar-refractivity contribution in [1.29, 1.82) is 0 Å². The first-order chi connectivity index (χ1) is 15.4. The number of rotatable bonds is 4. The molecule has 0 bridgehead atoms. The van der Waals surface area contributed by atoms with E-state index in [1.807, 2.05) is 19.1 Å². The second kappa shape index (κ2) is 9.40. The van der Waals surface area contributed by atoms with Crippen LogP contribution in [0, 0.1) is 6.92 Å². The molecule has 0 spiro atoms. The summed E-state index contributed by atoms with van der Waals surface area (Å²) in [6.45, 7) is 10.4. The highest BCUT2D eigenvalue weighted by molar-refractivity contribution is 5.96. The van der Waals surface area contributed by atoms with Gasteiger partial charge in [0.15, 0.2) is 5.76 Å². The number of nitrogens with zero attached hydrogens (tertiary/aromatic N) is 3. The quantitative estimate of drug-likeness (QED) is 0.720. The molecule has 1 aromatic carbocycles. The van der Waals surface area contributed by atoms with Crippen molar-refractivity contribution in [3.05, 3.63) is 29.5 Å². The Morgan fingerprint density at radius 3 is 2.28 bits per heavy atom. The summed E-state index contributed by atoms with van der Waals surface area (Å²) in [6, 6.07) is 6.28. The van der Waals surface area contributed by atoms with E-state index >= 15 is 0 Å². The topological polar surface area (TPSA) is 75.5 Å². The molecule has 1 aromatic heterocycles. The average molecular weight is 444 g/mol. The van der Waals surface area contributed by atoms with Crippen LogP contribution in [0.15, 0.2) is 22.6 Å². The Balaban J connectivity index is 1.42. The Kier molecular flexibility index (Phi) is 6.60. The predicted octanol–water partition coefficient (Wildman–Crippen LogP) is 3.52. The third-order valence-electron chi connectivity index (χ3n) is 6.52. The van der Waals surface area contributed by atoms with Gasteiger partial charge in [0.2, 0.25) is 0 Å². The van der Waals surface area contributed by atoms with Crippen molar-refractivity contribution in [1.82, 2.24) is 14.7 Å². The van der Waals surface area contributed by atoms with Crippen LogP contribution in [-0.4, -0.2) is 85.2 Å². The third kappa shape index (κ3) is 4.70. The van der Waals surface area contributed by atoms with Crippen LogP contribution >= 0.6 is 0 Å². The summed E-state index contributed by atoms with van der Waals surface area (Å²) < 4.78 is 17.0. The zero-order valence-electron chi connectivity index (χ0n) is 19.4. The van der Waals surface area contributed by atoms with E-state index in [-0.39, 0.29) is 18.1 Å². The van der Waals surface area contributed by atoms with E-state index in [2.05, 4.69) is 18.7 Å². The Bertz CT molecular complexity index is 969. The molecule has 3 heterocycles. The van der Waals surface area contributed by atoms with Crippen LogP contribution in [-0.2, 0) is 4.74 Å². The Hall–Kier alpha value is -2.74. The summed E-state index contributed by atoms with van der Waals surface area (Å²) in [4.78, 5) is 30.4. The summed E-state index contributed by atoms with van der Waals surface area (Å²) in [6.07, 6.45) is 1.88. The van der Waals surface area contributed by atoms with Gasteiger partial charge in [-0.05, 0) is 57.4 Å². The second-order valence-electron chi connectivity index (χ2n) is 8.96. The smallest absolute Gasteiger partial charge is 0.409 e. The molecule has 2 aliphatic heterocycles. The van der Waals surface area contributed by atoms with Gasteiger partial charge in [-0.3, -0.25) is 4.79 Å². The Morgan fingerprint density at radius 1 is 1.00 bits per heavy atom. The van der Waals surface area contributed by atoms with Crippen LogP contribution < -0.4 is 4.74 Å². The molecule has 174 valence electrons. The second-order valence-corrected chi connectivity index (χ2v) is 8.96. The minimum Gasteiger partial charge on any atom is -0.490 e. The molecule has 2 fully saturated rings. The third-order valence-corrected chi connectivity index (χ3v) is 6.52. The molecular weight excluding hydrogens is 410 g/mol. The summed E-state index contributed by atoms with van der Waals surface area (Å²) >= 11 is 0. The maximum Gasteiger partial charge on any atom is 0.409 e. The Labute approximate surface area is 189 Å². The highest BCUT2D eigenvalue weighted by Gasteiger charge is 2.27. The first-order valence-electron chi connectivity index (χ1n) is 11.4. The number of carbonyl (C=O) groups excluding carboxylic acids is 2. The average Bonchev–Trinajstić information content (AvgIpc) is 3.21. The van der Waals surface area contributed by atoms with E-state index < -0.39 is 0 Å². The number of piperidine rings is 1. The number of piperazine rings is 1. The number of hydrogen-bond donors (Lipinski definition) is 0. The lowest BCUT2D eigenvalue weighted by Crippen LogP contribution is -2.50. The number of likely N-dealkylation sites (tertiary alicyclic amines) is 1. The van der Waals surface area contributed by atoms with E-state index in [1.54, 1.807) is 15.9 Å². The van der Waals surface area contributed by atoms with Gasteiger partial charge in [0.05, 0.1) is 7.11 Å². The number of methoxy groups -OCH3 is 1. The molecule has 2 saturated heterocycles. The number of carbonyl (C=O) groups is 2. The van der Waals surface area contributed by atoms with Gasteiger partial charge in [-0.2, -0.15) is 0 Å². The van der Waals surface area contributed by atoms with E-state index in [9.17, 15) is 9.59 Å². The maximum absolute atomic E-state index is 12.9. The lowest BCUT2D eigenvalue weighted by atomic mass is 10.1. The molecule has 0 atom stereocenters. The molecule has 2 amide bonds. The van der Waals surface area contributed by atoms with Crippen molar-refractivity contribution in [3.8, 4) is 5.75 Å². The van der Waals surface area contributed by atoms with Gasteiger partial charge in [0, 0.05) is 50.7 Å². The number of amides is 2. The molecule has 32 heavy (non-hydrogen) atoms. The molecular formula is C24H33N3O5. The van der Waals surface area contributed by atoms with Crippen LogP contribution in [0.4, 0.5) is 4.79 Å². The standard InChI is InChI=1S/C24H33N3O5/c1-16(2)25-7-5-19(6-8-25)31-20-14-18-15-22(32-21(18)13-17(20)3)23(28)26-9-11-27(12-10-26)24(29)30-4/h13-16,19H,5-12H2,1-4H3. The highest BCUT2D eigenvalue weighted by atomic mass is 16.5. The van der Waals surface area contributed by atoms with Crippen molar-refractivity contribution >= 4 is 23.0 Å². The summed E-state index contributed by atoms with van der Waals surface area (Å²) in [5.41, 5.74) is 1.69. The molecule has 0 N–H and O–H groups in total. The van der Waals surface area contributed by atoms with E-state index in [1.165, 1.54) is 7.11 Å². The summed E-state index contributed by atoms with van der Waals surface area (Å²) in [7, 11) is 1.36. The van der Waals surface area contributed by atoms with Crippen LogP contribution in [0.3, 0.4) is 0 Å². The number of furan rings is 1. The van der Waals surface area contributed by atoms with Crippen LogP contribution in [0.1, 0.15) is 42.8 Å². The molecule has 2 aliphatic rings. The van der Waals surface area contributed by atoms with Gasteiger partial charge in [-0.15, -0.1) is 0 Å². The molecule has 0 aliphatic carbocycles. The fourth-order valence-electron chi connectivity index (χ4n) is 4.47. The Morgan fingerprint density at radius 2 is 1.66 bits per heavy atom. The monoisotopic (exact) mass is 443 g/mol. The molecule has 4 rings (SSSR count). The summed E-state index contributed by atoms with van der Waals surface area (Å²) in [5.74, 6) is 1.01. The van der Waals surface area contributed by atoms with Crippen LogP contribution in [0.5, 0.6) is 5.75 Å². The van der Waals surface area contributed by atoms with Crippen LogP contribution in [0.25, 0.3) is 11.0 Å². The van der Waals surface area contributed by atoms with Gasteiger partial charge in [-0.1, -0.05) is 0 Å². The van der Waals surface area contributed by atoms with E-state index in [0.717, 1.165) is 42.6 Å². The zero-order chi connectivity index (χ0) is 22.8. The first-order valence-corrected chi connectivity index (χ1v) is 11.4. The van der Waals surface area contributed by atoms with Gasteiger partial charge in [-0.25, -0.2) is 4.79 Å². The first kappa shape index (κ1) is 22.5. The van der Waals surface area contributed by atoms with Crippen molar-refractivity contribution < 1.29 is 23.5 Å². The zero-order valence-corrected chi connectivity index (χ0v) is 19.4. The molecule has 0 unspecified atom stereocenters. The maximum atomic E-state index is 12.9. The molecule has 8 heteroatoms. The number of benzene rings is 1. The number of hydrogen-bond acceptors (Lipinski definition) is 6. The normalized spacial score (nSPS) is 18.4. The number of aryl methyl sites for hydroxylation is 1. The largest absolute Gasteiger partial charge is 0.490 e. The highest BCUT2D eigenvalue weighted by Crippen LogP contribution is 2.31. The predicted molar refractivity (Wildman–Crippen MR) is 121 cm³/mol. The summed E-state index contributed by atoms with van der Waals surface area (Å²) in [5, 5.41) is 0.863. The molecule has 2 aromatic rings. The van der Waals surface area contributed by atoms with Crippen molar-refractivity contribution in [3.63, 3.8) is 0 Å². The fraction of sp³-hybridized carbons (Fsp3) is 0.583. The number of ether oxygens (including phenoxy) is 2. The fourth-order valence-corrected chi connectivity index (χ4v) is 4.47. The minimum absolute atomic E-state index is 0.160. The minimum atomic E-state index is -0.362. The van der Waals surface area contributed by atoms with E-state index in [0.29, 0.717) is 43.6 Å². The van der Waals surface area contributed by atoms with Gasteiger partial charge < -0.3 is 28.6 Å². The van der Waals surface area contributed by atoms with Gasteiger partial charge in [0.25, 0.3) is 5.91 Å². The van der Waals surface area contributed by atoms with Crippen molar-refractivity contribution in [2.24, 2.45) is 0 Å². The lowest BCUT2D eigenvalue weighted by molar-refractivity contribution is 0.0575. The number of fused-ring (bicyclic) bond motifs is 1. The van der Waals surface area contributed by atoms with E-state index in [4.69, 9.17) is 13.9 Å². The van der Waals surface area contributed by atoms with Gasteiger partial charge >= 0.3 is 6.09 Å². The molecule has 0 radical (unpaired) electrons. The molecule has 8 nitrogen and oxygen atoms in total. The van der Waals surface area contributed by atoms with Gasteiger partial charge in [0.1, 0.15) is 17.4 Å². The van der Waals surface area contributed by atoms with Crippen LogP contribution in [0.2, 0.25) is 0 Å². The van der Waals surface area contributed by atoms with Crippen molar-refractivity contribution in [2.75, 3.05) is 46.4 Å². The lowest BCUT2D eigenvalue weighted by Gasteiger charge is -2.34. The SMILES string of the molecule is COC(=O)N1CCN(C(=O)c2cc3cc(OC4CCN(C(C)C)CC4)c(C)cc3o2)CC1. The molecule has 0 saturated carbocycles.